The van der Waals surface area contributed by atoms with E-state index in [9.17, 15) is 4.79 Å². The lowest BCUT2D eigenvalue weighted by molar-refractivity contribution is 0.0783. The van der Waals surface area contributed by atoms with Crippen molar-refractivity contribution in [3.8, 4) is 5.75 Å². The number of ether oxygens (including phenoxy) is 1. The minimum atomic E-state index is -0.0122. The molecule has 0 aliphatic carbocycles. The maximum Gasteiger partial charge on any atom is 0.253 e. The number of carbonyl (C=O) groups excluding carboxylic acids is 1. The SMILES string of the molecule is Cc1cn2c(CN(C)C(=O)c3ccc(COc4ccccc4)cc3)c(C)nc2s1. The second-order valence-corrected chi connectivity index (χ2v) is 8.31. The van der Waals surface area contributed by atoms with Gasteiger partial charge in [0, 0.05) is 23.7 Å². The number of aromatic nitrogens is 2. The highest BCUT2D eigenvalue weighted by Crippen LogP contribution is 2.22. The fourth-order valence-corrected chi connectivity index (χ4v) is 4.13. The molecule has 0 atom stereocenters. The molecule has 0 aliphatic rings. The first kappa shape index (κ1) is 19.2. The molecule has 6 heteroatoms. The van der Waals surface area contributed by atoms with Gasteiger partial charge in [-0.1, -0.05) is 30.3 Å². The monoisotopic (exact) mass is 405 g/mol. The zero-order valence-corrected chi connectivity index (χ0v) is 17.6. The standard InChI is InChI=1S/C23H23N3O2S/c1-16-13-26-21(17(2)24-23(26)29-16)14-25(3)22(27)19-11-9-18(10-12-19)15-28-20-7-5-4-6-8-20/h4-13H,14-15H2,1-3H3. The minimum absolute atomic E-state index is 0.0122. The van der Waals surface area contributed by atoms with E-state index in [4.69, 9.17) is 4.74 Å². The third kappa shape index (κ3) is 4.17. The molecule has 0 saturated heterocycles. The van der Waals surface area contributed by atoms with Crippen LogP contribution in [0.3, 0.4) is 0 Å². The Morgan fingerprint density at radius 1 is 1.10 bits per heavy atom. The average Bonchev–Trinajstić information content (AvgIpc) is 3.22. The lowest BCUT2D eigenvalue weighted by Gasteiger charge is -2.17. The molecule has 2 aromatic carbocycles. The van der Waals surface area contributed by atoms with E-state index in [-0.39, 0.29) is 5.91 Å². The maximum absolute atomic E-state index is 12.9. The number of hydrogen-bond donors (Lipinski definition) is 0. The van der Waals surface area contributed by atoms with E-state index in [0.29, 0.717) is 18.7 Å². The van der Waals surface area contributed by atoms with Gasteiger partial charge in [-0.25, -0.2) is 4.98 Å². The summed E-state index contributed by atoms with van der Waals surface area (Å²) in [6, 6.07) is 17.3. The smallest absolute Gasteiger partial charge is 0.253 e. The maximum atomic E-state index is 12.9. The van der Waals surface area contributed by atoms with Crippen LogP contribution in [0.4, 0.5) is 0 Å². The van der Waals surface area contributed by atoms with Crippen molar-refractivity contribution in [3.63, 3.8) is 0 Å². The van der Waals surface area contributed by atoms with Crippen LogP contribution in [-0.4, -0.2) is 27.2 Å². The van der Waals surface area contributed by atoms with E-state index >= 15 is 0 Å². The number of thiazole rings is 1. The highest BCUT2D eigenvalue weighted by atomic mass is 32.1. The molecule has 0 fully saturated rings. The Balaban J connectivity index is 1.42. The molecular formula is C23H23N3O2S. The van der Waals surface area contributed by atoms with Crippen LogP contribution in [-0.2, 0) is 13.2 Å². The van der Waals surface area contributed by atoms with Crippen LogP contribution in [0.5, 0.6) is 5.75 Å². The lowest BCUT2D eigenvalue weighted by atomic mass is 10.1. The van der Waals surface area contributed by atoms with E-state index in [0.717, 1.165) is 27.7 Å². The Morgan fingerprint density at radius 3 is 2.55 bits per heavy atom. The van der Waals surface area contributed by atoms with Gasteiger partial charge in [-0.05, 0) is 43.7 Å². The van der Waals surface area contributed by atoms with E-state index in [1.165, 1.54) is 4.88 Å². The molecule has 0 spiro atoms. The summed E-state index contributed by atoms with van der Waals surface area (Å²) in [7, 11) is 1.83. The van der Waals surface area contributed by atoms with E-state index < -0.39 is 0 Å². The topological polar surface area (TPSA) is 46.8 Å². The van der Waals surface area contributed by atoms with Crippen LogP contribution in [0.2, 0.25) is 0 Å². The molecule has 2 heterocycles. The van der Waals surface area contributed by atoms with Crippen LogP contribution in [0.1, 0.15) is 32.2 Å². The zero-order chi connectivity index (χ0) is 20.4. The highest BCUT2D eigenvalue weighted by molar-refractivity contribution is 7.17. The lowest BCUT2D eigenvalue weighted by Crippen LogP contribution is -2.27. The number of carbonyl (C=O) groups is 1. The van der Waals surface area contributed by atoms with Gasteiger partial charge in [0.1, 0.15) is 12.4 Å². The molecule has 0 aliphatic heterocycles. The first-order valence-corrected chi connectivity index (χ1v) is 10.3. The number of aryl methyl sites for hydroxylation is 2. The Bertz CT molecular complexity index is 1130. The van der Waals surface area contributed by atoms with Crippen LogP contribution < -0.4 is 4.74 Å². The normalized spacial score (nSPS) is 11.0. The number of para-hydroxylation sites is 1. The van der Waals surface area contributed by atoms with Crippen molar-refractivity contribution in [1.29, 1.82) is 0 Å². The summed E-state index contributed by atoms with van der Waals surface area (Å²) in [6.07, 6.45) is 2.08. The third-order valence-corrected chi connectivity index (χ3v) is 5.72. The fourth-order valence-electron chi connectivity index (χ4n) is 3.24. The molecule has 1 amide bonds. The second-order valence-electron chi connectivity index (χ2n) is 7.10. The molecule has 0 radical (unpaired) electrons. The molecule has 0 saturated carbocycles. The summed E-state index contributed by atoms with van der Waals surface area (Å²) < 4.78 is 7.85. The molecule has 2 aromatic heterocycles. The Kier molecular flexibility index (Phi) is 5.36. The van der Waals surface area contributed by atoms with Gasteiger partial charge in [-0.15, -0.1) is 11.3 Å². The van der Waals surface area contributed by atoms with Crippen molar-refractivity contribution in [2.45, 2.75) is 27.0 Å². The summed E-state index contributed by atoms with van der Waals surface area (Å²) in [6.45, 7) is 5.04. The van der Waals surface area contributed by atoms with Gasteiger partial charge in [-0.2, -0.15) is 0 Å². The predicted molar refractivity (Wildman–Crippen MR) is 116 cm³/mol. The van der Waals surface area contributed by atoms with E-state index in [1.54, 1.807) is 16.2 Å². The van der Waals surface area contributed by atoms with Crippen LogP contribution in [0.25, 0.3) is 4.96 Å². The summed E-state index contributed by atoms with van der Waals surface area (Å²) in [4.78, 5) is 21.4. The quantitative estimate of drug-likeness (QED) is 0.460. The van der Waals surface area contributed by atoms with Gasteiger partial charge in [0.2, 0.25) is 0 Å². The molecule has 5 nitrogen and oxygen atoms in total. The average molecular weight is 406 g/mol. The molecule has 0 unspecified atom stereocenters. The number of rotatable bonds is 6. The summed E-state index contributed by atoms with van der Waals surface area (Å²) >= 11 is 1.66. The van der Waals surface area contributed by atoms with Crippen LogP contribution in [0.15, 0.2) is 60.8 Å². The van der Waals surface area contributed by atoms with E-state index in [2.05, 4.69) is 22.5 Å². The number of amides is 1. The number of nitrogens with zero attached hydrogens (tertiary/aromatic N) is 3. The Morgan fingerprint density at radius 2 is 1.83 bits per heavy atom. The van der Waals surface area contributed by atoms with Gasteiger partial charge < -0.3 is 9.64 Å². The van der Waals surface area contributed by atoms with Crippen molar-refractivity contribution in [2.75, 3.05) is 7.05 Å². The zero-order valence-electron chi connectivity index (χ0n) is 16.8. The Hall–Kier alpha value is -3.12. The van der Waals surface area contributed by atoms with Gasteiger partial charge in [0.05, 0.1) is 17.9 Å². The van der Waals surface area contributed by atoms with Crippen molar-refractivity contribution >= 4 is 22.2 Å². The van der Waals surface area contributed by atoms with E-state index in [1.807, 2.05) is 68.6 Å². The second kappa shape index (κ2) is 8.09. The highest BCUT2D eigenvalue weighted by Gasteiger charge is 2.17. The molecule has 0 bridgehead atoms. The molecule has 29 heavy (non-hydrogen) atoms. The summed E-state index contributed by atoms with van der Waals surface area (Å²) in [5.74, 6) is 0.820. The number of benzene rings is 2. The first-order chi connectivity index (χ1) is 14.0. The number of fused-ring (bicyclic) bond motifs is 1. The predicted octanol–water partition coefficient (Wildman–Crippen LogP) is 4.86. The largest absolute Gasteiger partial charge is 0.489 e. The number of hydrogen-bond acceptors (Lipinski definition) is 4. The van der Waals surface area contributed by atoms with Gasteiger partial charge in [0.25, 0.3) is 5.91 Å². The fraction of sp³-hybridized carbons (Fsp3) is 0.217. The van der Waals surface area contributed by atoms with Crippen LogP contribution >= 0.6 is 11.3 Å². The number of imidazole rings is 1. The van der Waals surface area contributed by atoms with Crippen molar-refractivity contribution in [3.05, 3.63) is 88.2 Å². The molecule has 148 valence electrons. The Labute approximate surface area is 174 Å². The minimum Gasteiger partial charge on any atom is -0.489 e. The van der Waals surface area contributed by atoms with Crippen molar-refractivity contribution in [1.82, 2.24) is 14.3 Å². The first-order valence-electron chi connectivity index (χ1n) is 9.47. The summed E-state index contributed by atoms with van der Waals surface area (Å²) in [5.41, 5.74) is 3.70. The molecular weight excluding hydrogens is 382 g/mol. The third-order valence-electron chi connectivity index (χ3n) is 4.82. The molecule has 4 rings (SSSR count). The van der Waals surface area contributed by atoms with Gasteiger partial charge in [0.15, 0.2) is 4.96 Å². The molecule has 0 N–H and O–H groups in total. The van der Waals surface area contributed by atoms with Crippen molar-refractivity contribution in [2.24, 2.45) is 0 Å². The van der Waals surface area contributed by atoms with Crippen molar-refractivity contribution < 1.29 is 9.53 Å². The summed E-state index contributed by atoms with van der Waals surface area (Å²) in [5, 5.41) is 0. The van der Waals surface area contributed by atoms with Gasteiger partial charge >= 0.3 is 0 Å². The van der Waals surface area contributed by atoms with Gasteiger partial charge in [-0.3, -0.25) is 9.20 Å². The molecule has 4 aromatic rings. The van der Waals surface area contributed by atoms with Crippen LogP contribution in [0, 0.1) is 13.8 Å².